The van der Waals surface area contributed by atoms with Gasteiger partial charge >= 0.3 is 0 Å². The van der Waals surface area contributed by atoms with Gasteiger partial charge in [0.05, 0.1) is 38.4 Å². The van der Waals surface area contributed by atoms with E-state index in [9.17, 15) is 4.79 Å². The molecule has 2 heterocycles. The van der Waals surface area contributed by atoms with Crippen LogP contribution >= 0.6 is 22.7 Å². The molecule has 0 radical (unpaired) electrons. The van der Waals surface area contributed by atoms with E-state index in [-0.39, 0.29) is 5.91 Å². The second-order valence-electron chi connectivity index (χ2n) is 6.34. The van der Waals surface area contributed by atoms with Gasteiger partial charge in [0.25, 0.3) is 0 Å². The average molecular weight is 427 g/mol. The van der Waals surface area contributed by atoms with E-state index >= 15 is 0 Å². The van der Waals surface area contributed by atoms with E-state index in [1.165, 1.54) is 9.75 Å². The van der Waals surface area contributed by atoms with Crippen molar-refractivity contribution in [2.75, 3.05) is 13.7 Å². The lowest BCUT2D eigenvalue weighted by Crippen LogP contribution is -2.29. The van der Waals surface area contributed by atoms with E-state index in [0.29, 0.717) is 49.6 Å². The molecule has 7 heteroatoms. The van der Waals surface area contributed by atoms with Crippen LogP contribution in [0.15, 0.2) is 53.2 Å². The van der Waals surface area contributed by atoms with Crippen molar-refractivity contribution in [1.82, 2.24) is 4.90 Å². The van der Waals surface area contributed by atoms with E-state index in [4.69, 9.17) is 14.7 Å². The highest BCUT2D eigenvalue weighted by atomic mass is 32.1. The summed E-state index contributed by atoms with van der Waals surface area (Å²) in [6, 6.07) is 15.3. The Labute approximate surface area is 178 Å². The van der Waals surface area contributed by atoms with E-state index in [1.54, 1.807) is 48.0 Å². The topological polar surface area (TPSA) is 62.6 Å². The maximum Gasteiger partial charge on any atom is 0.223 e. The first kappa shape index (κ1) is 20.9. The number of nitrogens with zero attached hydrogens (tertiary/aromatic N) is 2. The number of nitriles is 1. The lowest BCUT2D eigenvalue weighted by atomic mass is 10.2. The van der Waals surface area contributed by atoms with Gasteiger partial charge < -0.3 is 14.4 Å². The molecule has 2 aromatic heterocycles. The maximum atomic E-state index is 12.8. The smallest absolute Gasteiger partial charge is 0.223 e. The van der Waals surface area contributed by atoms with Gasteiger partial charge in [-0.25, -0.2) is 0 Å². The Morgan fingerprint density at radius 3 is 2.31 bits per heavy atom. The molecule has 0 aliphatic rings. The fourth-order valence-electron chi connectivity index (χ4n) is 2.83. The van der Waals surface area contributed by atoms with Crippen LogP contribution in [-0.4, -0.2) is 24.5 Å². The monoisotopic (exact) mass is 426 g/mol. The van der Waals surface area contributed by atoms with Crippen molar-refractivity contribution in [3.05, 3.63) is 68.5 Å². The van der Waals surface area contributed by atoms with Crippen molar-refractivity contribution in [2.24, 2.45) is 0 Å². The first-order chi connectivity index (χ1) is 14.2. The van der Waals surface area contributed by atoms with Crippen LogP contribution in [0, 0.1) is 11.3 Å². The molecule has 0 N–H and O–H groups in total. The third-order valence-corrected chi connectivity index (χ3v) is 6.01. The summed E-state index contributed by atoms with van der Waals surface area (Å²) in [4.78, 5) is 17.1. The van der Waals surface area contributed by atoms with E-state index in [2.05, 4.69) is 18.2 Å². The predicted molar refractivity (Wildman–Crippen MR) is 115 cm³/mol. The molecule has 0 aliphatic carbocycles. The normalized spacial score (nSPS) is 10.3. The third kappa shape index (κ3) is 6.08. The Hall–Kier alpha value is -2.82. The molecular weight excluding hydrogens is 404 g/mol. The lowest BCUT2D eigenvalue weighted by molar-refractivity contribution is -0.132. The molecular formula is C22H22N2O3S2. The molecule has 0 atom stereocenters. The Kier molecular flexibility index (Phi) is 7.68. The summed E-state index contributed by atoms with van der Waals surface area (Å²) >= 11 is 3.32. The van der Waals surface area contributed by atoms with Crippen molar-refractivity contribution in [1.29, 1.82) is 5.26 Å². The summed E-state index contributed by atoms with van der Waals surface area (Å²) in [5.74, 6) is 1.21. The zero-order valence-corrected chi connectivity index (χ0v) is 17.8. The van der Waals surface area contributed by atoms with Crippen LogP contribution in [-0.2, 0) is 17.9 Å². The van der Waals surface area contributed by atoms with Gasteiger partial charge in [0.2, 0.25) is 5.91 Å². The van der Waals surface area contributed by atoms with Gasteiger partial charge in [0.15, 0.2) is 11.5 Å². The number of rotatable bonds is 10. The molecule has 5 nitrogen and oxygen atoms in total. The van der Waals surface area contributed by atoms with Crippen LogP contribution < -0.4 is 9.47 Å². The largest absolute Gasteiger partial charge is 0.493 e. The maximum absolute atomic E-state index is 12.8. The number of hydrogen-bond donors (Lipinski definition) is 0. The summed E-state index contributed by atoms with van der Waals surface area (Å²) in [6.45, 7) is 1.65. The predicted octanol–water partition coefficient (Wildman–Crippen LogP) is 5.08. The highest BCUT2D eigenvalue weighted by Gasteiger charge is 2.16. The zero-order chi connectivity index (χ0) is 20.5. The Morgan fingerprint density at radius 1 is 1.07 bits per heavy atom. The third-order valence-electron chi connectivity index (χ3n) is 4.29. The van der Waals surface area contributed by atoms with Crippen LogP contribution in [0.5, 0.6) is 11.5 Å². The number of carbonyl (C=O) groups excluding carboxylic acids is 1. The molecule has 3 aromatic rings. The molecule has 0 fully saturated rings. The standard InChI is InChI=1S/C22H22N2O3S2/c1-26-21-13-17(14-23)8-9-20(21)27-10-2-7-22(25)24(15-18-5-3-11-28-18)16-19-6-4-12-29-19/h3-6,8-9,11-13H,2,7,10,15-16H2,1H3. The Balaban J connectivity index is 1.54. The van der Waals surface area contributed by atoms with Crippen LogP contribution in [0.4, 0.5) is 0 Å². The van der Waals surface area contributed by atoms with Crippen LogP contribution in [0.1, 0.15) is 28.2 Å². The van der Waals surface area contributed by atoms with Crippen LogP contribution in [0.25, 0.3) is 0 Å². The van der Waals surface area contributed by atoms with E-state index < -0.39 is 0 Å². The average Bonchev–Trinajstić information content (AvgIpc) is 3.45. The van der Waals surface area contributed by atoms with Crippen molar-refractivity contribution in [2.45, 2.75) is 25.9 Å². The minimum absolute atomic E-state index is 0.113. The summed E-state index contributed by atoms with van der Waals surface area (Å²) in [5.41, 5.74) is 0.516. The number of amides is 1. The number of benzene rings is 1. The second-order valence-corrected chi connectivity index (χ2v) is 8.40. The summed E-state index contributed by atoms with van der Waals surface area (Å²) in [5, 5.41) is 13.0. The first-order valence-corrected chi connectivity index (χ1v) is 11.0. The molecule has 150 valence electrons. The van der Waals surface area contributed by atoms with E-state index in [0.717, 1.165) is 0 Å². The van der Waals surface area contributed by atoms with Gasteiger partial charge in [-0.05, 0) is 41.4 Å². The number of thiophene rings is 2. The lowest BCUT2D eigenvalue weighted by Gasteiger charge is -2.21. The summed E-state index contributed by atoms with van der Waals surface area (Å²) < 4.78 is 11.0. The quantitative estimate of drug-likeness (QED) is 0.424. The molecule has 0 spiro atoms. The van der Waals surface area contributed by atoms with Gasteiger partial charge in [-0.2, -0.15) is 5.26 Å². The van der Waals surface area contributed by atoms with Crippen molar-refractivity contribution >= 4 is 28.6 Å². The molecule has 1 aromatic carbocycles. The molecule has 29 heavy (non-hydrogen) atoms. The highest BCUT2D eigenvalue weighted by molar-refractivity contribution is 7.10. The Bertz CT molecular complexity index is 911. The molecule has 1 amide bonds. The summed E-state index contributed by atoms with van der Waals surface area (Å²) in [7, 11) is 1.54. The highest BCUT2D eigenvalue weighted by Crippen LogP contribution is 2.28. The molecule has 0 unspecified atom stereocenters. The Morgan fingerprint density at radius 2 is 1.76 bits per heavy atom. The van der Waals surface area contributed by atoms with Gasteiger partial charge in [0.1, 0.15) is 0 Å². The SMILES string of the molecule is COc1cc(C#N)ccc1OCCCC(=O)N(Cc1cccs1)Cc1cccs1. The number of methoxy groups -OCH3 is 1. The minimum atomic E-state index is 0.113. The second kappa shape index (κ2) is 10.6. The zero-order valence-electron chi connectivity index (χ0n) is 16.2. The number of carbonyl (C=O) groups is 1. The van der Waals surface area contributed by atoms with Crippen LogP contribution in [0.3, 0.4) is 0 Å². The molecule has 0 bridgehead atoms. The first-order valence-electron chi connectivity index (χ1n) is 9.23. The van der Waals surface area contributed by atoms with E-state index in [1.807, 2.05) is 27.8 Å². The molecule has 0 aliphatic heterocycles. The fourth-order valence-corrected chi connectivity index (χ4v) is 4.27. The van der Waals surface area contributed by atoms with Gasteiger partial charge in [-0.15, -0.1) is 22.7 Å². The number of hydrogen-bond acceptors (Lipinski definition) is 6. The van der Waals surface area contributed by atoms with Crippen LogP contribution in [0.2, 0.25) is 0 Å². The van der Waals surface area contributed by atoms with Crippen molar-refractivity contribution in [3.63, 3.8) is 0 Å². The number of ether oxygens (including phenoxy) is 2. The van der Waals surface area contributed by atoms with Gasteiger partial charge in [-0.1, -0.05) is 12.1 Å². The van der Waals surface area contributed by atoms with Gasteiger partial charge in [0, 0.05) is 22.2 Å². The molecule has 0 saturated heterocycles. The summed E-state index contributed by atoms with van der Waals surface area (Å²) in [6.07, 6.45) is 1.02. The van der Waals surface area contributed by atoms with Gasteiger partial charge in [-0.3, -0.25) is 4.79 Å². The van der Waals surface area contributed by atoms with Crippen molar-refractivity contribution in [3.8, 4) is 17.6 Å². The molecule has 0 saturated carbocycles. The van der Waals surface area contributed by atoms with Crippen molar-refractivity contribution < 1.29 is 14.3 Å². The fraction of sp³-hybridized carbons (Fsp3) is 0.273. The minimum Gasteiger partial charge on any atom is -0.493 e. The molecule has 3 rings (SSSR count).